The molecule has 2 aromatic rings. The third-order valence-corrected chi connectivity index (χ3v) is 3.45. The second kappa shape index (κ2) is 5.77. The summed E-state index contributed by atoms with van der Waals surface area (Å²) in [4.78, 5) is 18.9. The zero-order valence-electron chi connectivity index (χ0n) is 10.1. The van der Waals surface area contributed by atoms with E-state index in [1.807, 2.05) is 0 Å². The van der Waals surface area contributed by atoms with Gasteiger partial charge in [0.15, 0.2) is 0 Å². The van der Waals surface area contributed by atoms with Crippen molar-refractivity contribution < 1.29 is 10.0 Å². The molecule has 1 heterocycles. The molecule has 7 heteroatoms. The first kappa shape index (κ1) is 13.4. The summed E-state index contributed by atoms with van der Waals surface area (Å²) in [6.45, 7) is 1.57. The molecule has 0 aliphatic rings. The predicted octanol–water partition coefficient (Wildman–Crippen LogP) is 2.59. The van der Waals surface area contributed by atoms with Crippen molar-refractivity contribution in [3.8, 4) is 0 Å². The SMILES string of the molecule is CC(O)c1ccc(Sc2ccncn2)c([N+](=O)[O-])c1. The Balaban J connectivity index is 2.37. The third-order valence-electron chi connectivity index (χ3n) is 2.43. The standard InChI is InChI=1S/C12H11N3O3S/c1-8(16)9-2-3-11(10(6-9)15(17)18)19-12-4-5-13-7-14-12/h2-8,16H,1H3. The van der Waals surface area contributed by atoms with Crippen LogP contribution in [0.1, 0.15) is 18.6 Å². The van der Waals surface area contributed by atoms with Gasteiger partial charge in [0, 0.05) is 12.3 Å². The third kappa shape index (κ3) is 3.27. The van der Waals surface area contributed by atoms with E-state index in [0.29, 0.717) is 15.5 Å². The summed E-state index contributed by atoms with van der Waals surface area (Å²) in [7, 11) is 0. The molecule has 0 radical (unpaired) electrons. The summed E-state index contributed by atoms with van der Waals surface area (Å²) in [5.74, 6) is 0. The Morgan fingerprint density at radius 1 is 1.42 bits per heavy atom. The lowest BCUT2D eigenvalue weighted by atomic mass is 10.1. The Labute approximate surface area is 113 Å². The highest BCUT2D eigenvalue weighted by atomic mass is 32.2. The number of aliphatic hydroxyl groups is 1. The Morgan fingerprint density at radius 2 is 2.21 bits per heavy atom. The number of rotatable bonds is 4. The van der Waals surface area contributed by atoms with E-state index in [-0.39, 0.29) is 5.69 Å². The Hall–Kier alpha value is -1.99. The van der Waals surface area contributed by atoms with Gasteiger partial charge in [-0.2, -0.15) is 0 Å². The normalized spacial score (nSPS) is 12.1. The maximum Gasteiger partial charge on any atom is 0.283 e. The van der Waals surface area contributed by atoms with E-state index in [1.165, 1.54) is 24.2 Å². The van der Waals surface area contributed by atoms with Crippen molar-refractivity contribution in [2.75, 3.05) is 0 Å². The second-order valence-electron chi connectivity index (χ2n) is 3.81. The van der Waals surface area contributed by atoms with Gasteiger partial charge < -0.3 is 5.11 Å². The van der Waals surface area contributed by atoms with E-state index < -0.39 is 11.0 Å². The maximum atomic E-state index is 11.1. The lowest BCUT2D eigenvalue weighted by Crippen LogP contribution is -1.96. The molecule has 0 amide bonds. The molecule has 0 fully saturated rings. The summed E-state index contributed by atoms with van der Waals surface area (Å²) in [6, 6.07) is 6.35. The second-order valence-corrected chi connectivity index (χ2v) is 4.87. The van der Waals surface area contributed by atoms with Gasteiger partial charge in [-0.3, -0.25) is 10.1 Å². The zero-order chi connectivity index (χ0) is 13.8. The Bertz CT molecular complexity index is 590. The van der Waals surface area contributed by atoms with E-state index in [2.05, 4.69) is 9.97 Å². The van der Waals surface area contributed by atoms with Crippen molar-refractivity contribution in [1.82, 2.24) is 9.97 Å². The number of aromatic nitrogens is 2. The summed E-state index contributed by atoms with van der Waals surface area (Å²) < 4.78 is 0. The highest BCUT2D eigenvalue weighted by molar-refractivity contribution is 7.99. The van der Waals surface area contributed by atoms with Crippen LogP contribution in [-0.4, -0.2) is 20.0 Å². The van der Waals surface area contributed by atoms with Crippen LogP contribution in [0.4, 0.5) is 5.69 Å². The van der Waals surface area contributed by atoms with Crippen molar-refractivity contribution in [1.29, 1.82) is 0 Å². The number of aliphatic hydroxyl groups excluding tert-OH is 1. The van der Waals surface area contributed by atoms with Crippen LogP contribution < -0.4 is 0 Å². The molecular weight excluding hydrogens is 266 g/mol. The highest BCUT2D eigenvalue weighted by Gasteiger charge is 2.17. The number of hydrogen-bond donors (Lipinski definition) is 1. The molecule has 2 rings (SSSR count). The van der Waals surface area contributed by atoms with Crippen LogP contribution in [0.2, 0.25) is 0 Å². The molecule has 0 saturated carbocycles. The van der Waals surface area contributed by atoms with Gasteiger partial charge in [0.25, 0.3) is 5.69 Å². The van der Waals surface area contributed by atoms with Crippen LogP contribution >= 0.6 is 11.8 Å². The highest BCUT2D eigenvalue weighted by Crippen LogP contribution is 2.35. The van der Waals surface area contributed by atoms with Crippen molar-refractivity contribution in [2.45, 2.75) is 22.9 Å². The van der Waals surface area contributed by atoms with Gasteiger partial charge in [0.1, 0.15) is 11.4 Å². The topological polar surface area (TPSA) is 89.2 Å². The van der Waals surface area contributed by atoms with E-state index in [0.717, 1.165) is 0 Å². The summed E-state index contributed by atoms with van der Waals surface area (Å²) in [5, 5.41) is 21.2. The average molecular weight is 277 g/mol. The largest absolute Gasteiger partial charge is 0.389 e. The quantitative estimate of drug-likeness (QED) is 0.525. The first-order valence-electron chi connectivity index (χ1n) is 5.48. The smallest absolute Gasteiger partial charge is 0.283 e. The maximum absolute atomic E-state index is 11.1. The van der Waals surface area contributed by atoms with Crippen molar-refractivity contribution in [3.63, 3.8) is 0 Å². The first-order valence-corrected chi connectivity index (χ1v) is 6.30. The van der Waals surface area contributed by atoms with E-state index >= 15 is 0 Å². The number of hydrogen-bond acceptors (Lipinski definition) is 6. The molecule has 98 valence electrons. The van der Waals surface area contributed by atoms with Crippen LogP contribution in [0.25, 0.3) is 0 Å². The van der Waals surface area contributed by atoms with Gasteiger partial charge in [-0.25, -0.2) is 9.97 Å². The molecule has 1 N–H and O–H groups in total. The summed E-state index contributed by atoms with van der Waals surface area (Å²) in [5.41, 5.74) is 0.473. The molecule has 1 atom stereocenters. The number of nitro benzene ring substituents is 1. The summed E-state index contributed by atoms with van der Waals surface area (Å²) >= 11 is 1.19. The number of nitrogens with zero attached hydrogens (tertiary/aromatic N) is 3. The number of benzene rings is 1. The molecule has 0 bridgehead atoms. The van der Waals surface area contributed by atoms with Gasteiger partial charge in [-0.05, 0) is 24.6 Å². The van der Waals surface area contributed by atoms with E-state index in [4.69, 9.17) is 0 Å². The van der Waals surface area contributed by atoms with E-state index in [9.17, 15) is 15.2 Å². The number of nitro groups is 1. The first-order chi connectivity index (χ1) is 9.08. The molecule has 1 aromatic carbocycles. The molecule has 1 unspecified atom stereocenters. The fraction of sp³-hybridized carbons (Fsp3) is 0.167. The van der Waals surface area contributed by atoms with Crippen LogP contribution in [-0.2, 0) is 0 Å². The molecular formula is C12H11N3O3S. The van der Waals surface area contributed by atoms with Crippen molar-refractivity contribution in [3.05, 3.63) is 52.5 Å². The van der Waals surface area contributed by atoms with E-state index in [1.54, 1.807) is 31.3 Å². The minimum absolute atomic E-state index is 0.0398. The molecule has 0 saturated heterocycles. The van der Waals surface area contributed by atoms with Gasteiger partial charge in [-0.15, -0.1) is 0 Å². The van der Waals surface area contributed by atoms with Crippen LogP contribution in [0.15, 0.2) is 46.7 Å². The minimum Gasteiger partial charge on any atom is -0.389 e. The Kier molecular flexibility index (Phi) is 4.08. The fourth-order valence-corrected chi connectivity index (χ4v) is 2.30. The van der Waals surface area contributed by atoms with Gasteiger partial charge in [-0.1, -0.05) is 17.8 Å². The lowest BCUT2D eigenvalue weighted by molar-refractivity contribution is -0.387. The van der Waals surface area contributed by atoms with Crippen LogP contribution in [0.3, 0.4) is 0 Å². The van der Waals surface area contributed by atoms with Gasteiger partial charge in [0.05, 0.1) is 15.9 Å². The van der Waals surface area contributed by atoms with Gasteiger partial charge >= 0.3 is 0 Å². The Morgan fingerprint density at radius 3 is 2.79 bits per heavy atom. The molecule has 0 aliphatic carbocycles. The average Bonchev–Trinajstić information content (AvgIpc) is 2.39. The fourth-order valence-electron chi connectivity index (χ4n) is 1.47. The van der Waals surface area contributed by atoms with Crippen molar-refractivity contribution >= 4 is 17.4 Å². The molecule has 1 aromatic heterocycles. The molecule has 19 heavy (non-hydrogen) atoms. The van der Waals surface area contributed by atoms with Crippen LogP contribution in [0.5, 0.6) is 0 Å². The summed E-state index contributed by atoms with van der Waals surface area (Å²) in [6.07, 6.45) is 2.22. The molecule has 0 spiro atoms. The van der Waals surface area contributed by atoms with Crippen molar-refractivity contribution in [2.24, 2.45) is 0 Å². The molecule has 0 aliphatic heterocycles. The minimum atomic E-state index is -0.739. The molecule has 6 nitrogen and oxygen atoms in total. The predicted molar refractivity (Wildman–Crippen MR) is 69.9 cm³/mol. The van der Waals surface area contributed by atoms with Crippen LogP contribution in [0, 0.1) is 10.1 Å². The van der Waals surface area contributed by atoms with Gasteiger partial charge in [0.2, 0.25) is 0 Å². The monoisotopic (exact) mass is 277 g/mol. The lowest BCUT2D eigenvalue weighted by Gasteiger charge is -2.07. The zero-order valence-corrected chi connectivity index (χ0v) is 10.9.